The first-order chi connectivity index (χ1) is 11.9. The monoisotopic (exact) mass is 359 g/mol. The molecular weight excluding hydrogens is 338 g/mol. The molecule has 0 N–H and O–H groups in total. The zero-order chi connectivity index (χ0) is 17.6. The summed E-state index contributed by atoms with van der Waals surface area (Å²) in [6.45, 7) is 5.10. The molecule has 1 fully saturated rings. The first-order valence-electron chi connectivity index (χ1n) is 8.42. The van der Waals surface area contributed by atoms with Crippen LogP contribution in [-0.4, -0.2) is 32.6 Å². The molecule has 0 amide bonds. The van der Waals surface area contributed by atoms with E-state index in [0.717, 1.165) is 34.6 Å². The molecular formula is C19H21NO4S. The Morgan fingerprint density at radius 1 is 1.04 bits per heavy atom. The van der Waals surface area contributed by atoms with Crippen LogP contribution in [0, 0.1) is 13.8 Å². The topological polar surface area (TPSA) is 55.8 Å². The number of fused-ring (bicyclic) bond motifs is 1. The van der Waals surface area contributed by atoms with Crippen LogP contribution in [0.5, 0.6) is 11.5 Å². The average Bonchev–Trinajstić information content (AvgIpc) is 3.23. The quantitative estimate of drug-likeness (QED) is 0.844. The smallest absolute Gasteiger partial charge is 0.243 e. The Hall–Kier alpha value is -2.05. The molecule has 0 spiro atoms. The van der Waals surface area contributed by atoms with Crippen molar-refractivity contribution in [3.8, 4) is 11.5 Å². The van der Waals surface area contributed by atoms with Gasteiger partial charge in [0.2, 0.25) is 16.8 Å². The Balaban J connectivity index is 1.57. The van der Waals surface area contributed by atoms with Crippen molar-refractivity contribution < 1.29 is 17.9 Å². The predicted molar refractivity (Wildman–Crippen MR) is 94.6 cm³/mol. The van der Waals surface area contributed by atoms with E-state index in [2.05, 4.69) is 0 Å². The van der Waals surface area contributed by atoms with Crippen molar-refractivity contribution >= 4 is 10.0 Å². The number of hydrogen-bond donors (Lipinski definition) is 0. The van der Waals surface area contributed by atoms with E-state index in [4.69, 9.17) is 9.47 Å². The first-order valence-corrected chi connectivity index (χ1v) is 9.86. The molecule has 2 aromatic carbocycles. The predicted octanol–water partition coefficient (Wildman–Crippen LogP) is 3.21. The van der Waals surface area contributed by atoms with Crippen molar-refractivity contribution in [1.29, 1.82) is 0 Å². The van der Waals surface area contributed by atoms with Crippen LogP contribution in [0.15, 0.2) is 41.3 Å². The highest BCUT2D eigenvalue weighted by atomic mass is 32.2. The number of benzene rings is 2. The van der Waals surface area contributed by atoms with Crippen molar-refractivity contribution in [2.75, 3.05) is 19.9 Å². The lowest BCUT2D eigenvalue weighted by molar-refractivity contribution is 0.174. The molecule has 2 aromatic rings. The van der Waals surface area contributed by atoms with Crippen LogP contribution in [0.1, 0.15) is 29.0 Å². The number of nitrogens with zero attached hydrogens (tertiary/aromatic N) is 1. The highest BCUT2D eigenvalue weighted by Gasteiger charge is 2.34. The van der Waals surface area contributed by atoms with Gasteiger partial charge in [-0.2, -0.15) is 4.31 Å². The molecule has 6 heteroatoms. The highest BCUT2D eigenvalue weighted by molar-refractivity contribution is 7.89. The third-order valence-corrected chi connectivity index (χ3v) is 6.99. The minimum absolute atomic E-state index is 0.176. The highest BCUT2D eigenvalue weighted by Crippen LogP contribution is 2.38. The van der Waals surface area contributed by atoms with Gasteiger partial charge in [0.15, 0.2) is 11.5 Å². The lowest BCUT2D eigenvalue weighted by atomic mass is 9.98. The third-order valence-electron chi connectivity index (χ3n) is 4.97. The van der Waals surface area contributed by atoms with Gasteiger partial charge in [0.05, 0.1) is 4.90 Å². The van der Waals surface area contributed by atoms with E-state index in [-0.39, 0.29) is 12.7 Å². The zero-order valence-corrected chi connectivity index (χ0v) is 15.2. The second-order valence-electron chi connectivity index (χ2n) is 6.73. The van der Waals surface area contributed by atoms with Crippen LogP contribution in [-0.2, 0) is 10.0 Å². The molecule has 1 saturated heterocycles. The summed E-state index contributed by atoms with van der Waals surface area (Å²) in [5, 5.41) is 0. The molecule has 25 heavy (non-hydrogen) atoms. The first kappa shape index (κ1) is 16.4. The van der Waals surface area contributed by atoms with Crippen molar-refractivity contribution in [3.05, 3.63) is 53.1 Å². The number of ether oxygens (including phenoxy) is 2. The normalized spacial score (nSPS) is 20.2. The second kappa shape index (κ2) is 6.04. The molecule has 0 aromatic heterocycles. The van der Waals surface area contributed by atoms with Crippen LogP contribution >= 0.6 is 0 Å². The van der Waals surface area contributed by atoms with Gasteiger partial charge in [-0.3, -0.25) is 0 Å². The van der Waals surface area contributed by atoms with Gasteiger partial charge in [-0.1, -0.05) is 23.8 Å². The van der Waals surface area contributed by atoms with Crippen LogP contribution in [0.3, 0.4) is 0 Å². The van der Waals surface area contributed by atoms with Gasteiger partial charge in [0, 0.05) is 13.1 Å². The Morgan fingerprint density at radius 3 is 2.64 bits per heavy atom. The summed E-state index contributed by atoms with van der Waals surface area (Å²) in [5.41, 5.74) is 2.96. The maximum Gasteiger partial charge on any atom is 0.243 e. The molecule has 1 unspecified atom stereocenters. The van der Waals surface area contributed by atoms with Crippen LogP contribution in [0.2, 0.25) is 0 Å². The van der Waals surface area contributed by atoms with E-state index in [1.165, 1.54) is 0 Å². The van der Waals surface area contributed by atoms with Gasteiger partial charge in [0.25, 0.3) is 0 Å². The Morgan fingerprint density at radius 2 is 1.84 bits per heavy atom. The Bertz CT molecular complexity index is 923. The molecule has 4 rings (SSSR count). The summed E-state index contributed by atoms with van der Waals surface area (Å²) in [5.74, 6) is 1.67. The van der Waals surface area contributed by atoms with Gasteiger partial charge in [-0.25, -0.2) is 8.42 Å². The minimum Gasteiger partial charge on any atom is -0.454 e. The maximum absolute atomic E-state index is 13.0. The molecule has 1 atom stereocenters. The molecule has 2 aliphatic heterocycles. The maximum atomic E-state index is 13.0. The van der Waals surface area contributed by atoms with E-state index >= 15 is 0 Å². The van der Waals surface area contributed by atoms with Gasteiger partial charge in [-0.05, 0) is 55.5 Å². The number of rotatable bonds is 3. The van der Waals surface area contributed by atoms with Crippen molar-refractivity contribution in [2.45, 2.75) is 31.1 Å². The summed E-state index contributed by atoms with van der Waals surface area (Å²) >= 11 is 0. The van der Waals surface area contributed by atoms with Gasteiger partial charge in [0.1, 0.15) is 0 Å². The van der Waals surface area contributed by atoms with Crippen molar-refractivity contribution in [3.63, 3.8) is 0 Å². The van der Waals surface area contributed by atoms with Crippen LogP contribution in [0.25, 0.3) is 0 Å². The zero-order valence-electron chi connectivity index (χ0n) is 14.4. The summed E-state index contributed by atoms with van der Waals surface area (Å²) < 4.78 is 38.4. The number of aryl methyl sites for hydroxylation is 2. The summed E-state index contributed by atoms with van der Waals surface area (Å²) in [6, 6.07) is 11.4. The largest absolute Gasteiger partial charge is 0.454 e. The van der Waals surface area contributed by atoms with E-state index in [9.17, 15) is 8.42 Å². The Labute approximate surface area is 148 Å². The number of sulfonamides is 1. The van der Waals surface area contributed by atoms with E-state index in [1.807, 2.05) is 44.2 Å². The lowest BCUT2D eigenvalue weighted by Gasteiger charge is -2.18. The van der Waals surface area contributed by atoms with Crippen LogP contribution in [0.4, 0.5) is 0 Å². The molecule has 0 saturated carbocycles. The molecule has 5 nitrogen and oxygen atoms in total. The Kier molecular flexibility index (Phi) is 3.96. The van der Waals surface area contributed by atoms with E-state index in [1.54, 1.807) is 10.4 Å². The molecule has 2 heterocycles. The average molecular weight is 359 g/mol. The fraction of sp³-hybridized carbons (Fsp3) is 0.368. The van der Waals surface area contributed by atoms with Gasteiger partial charge in [-0.15, -0.1) is 0 Å². The minimum atomic E-state index is -3.46. The summed E-state index contributed by atoms with van der Waals surface area (Å²) in [6.07, 6.45) is 0.809. The molecule has 0 bridgehead atoms. The second-order valence-corrected chi connectivity index (χ2v) is 8.64. The fourth-order valence-electron chi connectivity index (χ4n) is 3.61. The lowest BCUT2D eigenvalue weighted by Crippen LogP contribution is -2.29. The molecule has 0 radical (unpaired) electrons. The number of hydrogen-bond acceptors (Lipinski definition) is 4. The summed E-state index contributed by atoms with van der Waals surface area (Å²) in [7, 11) is -3.46. The van der Waals surface area contributed by atoms with E-state index < -0.39 is 10.0 Å². The fourth-order valence-corrected chi connectivity index (χ4v) is 5.32. The molecule has 0 aliphatic carbocycles. The van der Waals surface area contributed by atoms with Gasteiger partial charge < -0.3 is 9.47 Å². The molecule has 2 aliphatic rings. The van der Waals surface area contributed by atoms with E-state index in [0.29, 0.717) is 18.0 Å². The molecule has 132 valence electrons. The third kappa shape index (κ3) is 2.89. The van der Waals surface area contributed by atoms with Crippen molar-refractivity contribution in [2.24, 2.45) is 0 Å². The van der Waals surface area contributed by atoms with Crippen LogP contribution < -0.4 is 9.47 Å². The standard InChI is InChI=1S/C19H21NO4S/c1-13-3-6-19(14(2)9-13)25(21,22)20-8-7-16(11-20)15-4-5-17-18(10-15)24-12-23-17/h3-6,9-10,16H,7-8,11-12H2,1-2H3. The summed E-state index contributed by atoms with van der Waals surface area (Å²) in [4.78, 5) is 0.407. The SMILES string of the molecule is Cc1ccc(S(=O)(=O)N2CCC(c3ccc4c(c3)OCO4)C2)c(C)c1. The van der Waals surface area contributed by atoms with Crippen molar-refractivity contribution in [1.82, 2.24) is 4.31 Å². The van der Waals surface area contributed by atoms with Gasteiger partial charge >= 0.3 is 0 Å².